The van der Waals surface area contributed by atoms with Crippen LogP contribution in [0.15, 0.2) is 23.1 Å². The number of ether oxygens (including phenoxy) is 1. The zero-order chi connectivity index (χ0) is 16.4. The first kappa shape index (κ1) is 15.9. The van der Waals surface area contributed by atoms with Gasteiger partial charge in [-0.15, -0.1) is 0 Å². The molecule has 0 radical (unpaired) electrons. The Morgan fingerprint density at radius 2 is 2.35 bits per heavy atom. The molecule has 0 amide bonds. The highest BCUT2D eigenvalue weighted by Crippen LogP contribution is 2.26. The Morgan fingerprint density at radius 1 is 1.52 bits per heavy atom. The lowest BCUT2D eigenvalue weighted by molar-refractivity contribution is 0.0891. The molecule has 3 rings (SSSR count). The fourth-order valence-electron chi connectivity index (χ4n) is 2.67. The summed E-state index contributed by atoms with van der Waals surface area (Å²) < 4.78 is 18.7. The van der Waals surface area contributed by atoms with Gasteiger partial charge >= 0.3 is 0 Å². The molecule has 0 saturated carbocycles. The molecule has 6 nitrogen and oxygen atoms in total. The van der Waals surface area contributed by atoms with Crippen molar-refractivity contribution < 1.29 is 9.13 Å². The van der Waals surface area contributed by atoms with E-state index < -0.39 is 11.5 Å². The molecule has 8 heteroatoms. The number of hydrogen-bond donors (Lipinski definition) is 1. The van der Waals surface area contributed by atoms with E-state index in [1.807, 2.05) is 4.90 Å². The van der Waals surface area contributed by atoms with Gasteiger partial charge < -0.3 is 14.6 Å². The normalized spacial score (nSPS) is 18.2. The van der Waals surface area contributed by atoms with Crippen molar-refractivity contribution in [3.63, 3.8) is 0 Å². The number of piperidine rings is 1. The van der Waals surface area contributed by atoms with E-state index in [1.165, 1.54) is 12.3 Å². The van der Waals surface area contributed by atoms with E-state index in [4.69, 9.17) is 16.3 Å². The fraction of sp³-hybridized carbons (Fsp3) is 0.400. The van der Waals surface area contributed by atoms with E-state index in [2.05, 4.69) is 15.0 Å². The molecule has 0 spiro atoms. The minimum Gasteiger partial charge on any atom is -0.380 e. The maximum absolute atomic E-state index is 13.3. The molecule has 0 aliphatic carbocycles. The van der Waals surface area contributed by atoms with Gasteiger partial charge in [0.2, 0.25) is 5.95 Å². The highest BCUT2D eigenvalue weighted by molar-refractivity contribution is 6.32. The molecule has 1 saturated heterocycles. The van der Waals surface area contributed by atoms with E-state index in [1.54, 1.807) is 13.2 Å². The zero-order valence-corrected chi connectivity index (χ0v) is 13.3. The Labute approximate surface area is 137 Å². The molecule has 0 aromatic carbocycles. The number of rotatable bonds is 3. The van der Waals surface area contributed by atoms with Crippen molar-refractivity contribution in [3.8, 4) is 11.4 Å². The quantitative estimate of drug-likeness (QED) is 0.869. The molecule has 0 unspecified atom stereocenters. The molecule has 23 heavy (non-hydrogen) atoms. The predicted molar refractivity (Wildman–Crippen MR) is 85.3 cm³/mol. The SMILES string of the molecule is CO[C@@H]1CCCN(c2nc(-c3ccnc(F)c3)[nH]c(=O)c2Cl)C1. The van der Waals surface area contributed by atoms with Crippen molar-refractivity contribution in [1.82, 2.24) is 15.0 Å². The highest BCUT2D eigenvalue weighted by Gasteiger charge is 2.24. The number of aromatic nitrogens is 3. The number of hydrogen-bond acceptors (Lipinski definition) is 5. The van der Waals surface area contributed by atoms with Crippen LogP contribution < -0.4 is 10.5 Å². The van der Waals surface area contributed by atoms with Crippen LogP contribution in [0.1, 0.15) is 12.8 Å². The Kier molecular flexibility index (Phi) is 4.58. The maximum atomic E-state index is 13.3. The first-order valence-electron chi connectivity index (χ1n) is 7.28. The summed E-state index contributed by atoms with van der Waals surface area (Å²) in [4.78, 5) is 24.5. The van der Waals surface area contributed by atoms with Crippen LogP contribution in [0.5, 0.6) is 0 Å². The summed E-state index contributed by atoms with van der Waals surface area (Å²) in [5.41, 5.74) is -0.0174. The van der Waals surface area contributed by atoms with Crippen LogP contribution in [-0.2, 0) is 4.74 Å². The van der Waals surface area contributed by atoms with Crippen molar-refractivity contribution in [2.24, 2.45) is 0 Å². The molecule has 1 atom stereocenters. The molecule has 1 fully saturated rings. The third-order valence-corrected chi connectivity index (χ3v) is 4.20. The standard InChI is InChI=1S/C15H16ClFN4O2/c1-23-10-3-2-6-21(8-10)14-12(16)15(22)20-13(19-14)9-4-5-18-11(17)7-9/h4-5,7,10H,2-3,6,8H2,1H3,(H,19,20,22)/t10-/m1/s1. The van der Waals surface area contributed by atoms with Gasteiger partial charge in [0.15, 0.2) is 5.82 Å². The molecule has 1 N–H and O–H groups in total. The number of pyridine rings is 1. The number of methoxy groups -OCH3 is 1. The van der Waals surface area contributed by atoms with Crippen molar-refractivity contribution >= 4 is 17.4 Å². The van der Waals surface area contributed by atoms with Crippen molar-refractivity contribution in [2.75, 3.05) is 25.1 Å². The van der Waals surface area contributed by atoms with E-state index in [0.717, 1.165) is 19.4 Å². The first-order chi connectivity index (χ1) is 11.1. The monoisotopic (exact) mass is 338 g/mol. The Morgan fingerprint density at radius 3 is 3.09 bits per heavy atom. The smallest absolute Gasteiger partial charge is 0.272 e. The molecule has 1 aliphatic heterocycles. The molecular formula is C15H16ClFN4O2. The van der Waals surface area contributed by atoms with Gasteiger partial charge in [0.05, 0.1) is 6.10 Å². The maximum Gasteiger partial charge on any atom is 0.272 e. The number of nitrogens with one attached hydrogen (secondary N) is 1. The molecule has 0 bridgehead atoms. The Hall–Kier alpha value is -1.99. The van der Waals surface area contributed by atoms with Crippen LogP contribution in [0, 0.1) is 5.95 Å². The summed E-state index contributed by atoms with van der Waals surface area (Å²) in [6.45, 7) is 1.34. The van der Waals surface area contributed by atoms with E-state index in [0.29, 0.717) is 17.9 Å². The van der Waals surface area contributed by atoms with Crippen LogP contribution in [0.3, 0.4) is 0 Å². The minimum atomic E-state index is -0.640. The van der Waals surface area contributed by atoms with Gasteiger partial charge in [-0.1, -0.05) is 11.6 Å². The van der Waals surface area contributed by atoms with Crippen LogP contribution >= 0.6 is 11.6 Å². The van der Waals surface area contributed by atoms with Gasteiger partial charge in [-0.2, -0.15) is 4.39 Å². The first-order valence-corrected chi connectivity index (χ1v) is 7.65. The average Bonchev–Trinajstić information content (AvgIpc) is 2.57. The lowest BCUT2D eigenvalue weighted by Gasteiger charge is -2.33. The van der Waals surface area contributed by atoms with Gasteiger partial charge in [0, 0.05) is 38.0 Å². The summed E-state index contributed by atoms with van der Waals surface area (Å²) in [6, 6.07) is 2.79. The number of anilines is 1. The molecule has 2 aromatic rings. The van der Waals surface area contributed by atoms with Gasteiger partial charge in [0.1, 0.15) is 10.8 Å². The molecule has 122 valence electrons. The lowest BCUT2D eigenvalue weighted by atomic mass is 10.1. The van der Waals surface area contributed by atoms with Crippen molar-refractivity contribution in [2.45, 2.75) is 18.9 Å². The summed E-state index contributed by atoms with van der Waals surface area (Å²) >= 11 is 6.13. The van der Waals surface area contributed by atoms with E-state index in [9.17, 15) is 9.18 Å². The highest BCUT2D eigenvalue weighted by atomic mass is 35.5. The second kappa shape index (κ2) is 6.64. The van der Waals surface area contributed by atoms with Crippen LogP contribution in [0.4, 0.5) is 10.2 Å². The van der Waals surface area contributed by atoms with Crippen LogP contribution in [-0.4, -0.2) is 41.3 Å². The molecule has 1 aliphatic rings. The third kappa shape index (κ3) is 3.35. The lowest BCUT2D eigenvalue weighted by Crippen LogP contribution is -2.40. The zero-order valence-electron chi connectivity index (χ0n) is 12.6. The van der Waals surface area contributed by atoms with Crippen LogP contribution in [0.2, 0.25) is 5.02 Å². The third-order valence-electron chi connectivity index (χ3n) is 3.86. The second-order valence-corrected chi connectivity index (χ2v) is 5.74. The number of H-pyrrole nitrogens is 1. The Bertz CT molecular complexity index is 767. The summed E-state index contributed by atoms with van der Waals surface area (Å²) in [5, 5.41) is 0.0278. The number of aromatic amines is 1. The molecule has 3 heterocycles. The summed E-state index contributed by atoms with van der Waals surface area (Å²) in [5.74, 6) is 0.0127. The van der Waals surface area contributed by atoms with E-state index >= 15 is 0 Å². The number of nitrogens with zero attached hydrogens (tertiary/aromatic N) is 3. The fourth-order valence-corrected chi connectivity index (χ4v) is 2.87. The molecule has 2 aromatic heterocycles. The number of halogens is 2. The van der Waals surface area contributed by atoms with Crippen LogP contribution in [0.25, 0.3) is 11.4 Å². The van der Waals surface area contributed by atoms with Gasteiger partial charge in [0.25, 0.3) is 5.56 Å². The van der Waals surface area contributed by atoms with Gasteiger partial charge in [-0.05, 0) is 18.9 Å². The van der Waals surface area contributed by atoms with Gasteiger partial charge in [-0.3, -0.25) is 4.79 Å². The second-order valence-electron chi connectivity index (χ2n) is 5.37. The molecular weight excluding hydrogens is 323 g/mol. The summed E-state index contributed by atoms with van der Waals surface area (Å²) in [7, 11) is 1.66. The van der Waals surface area contributed by atoms with E-state index in [-0.39, 0.29) is 17.0 Å². The Balaban J connectivity index is 2.02. The van der Waals surface area contributed by atoms with Gasteiger partial charge in [-0.25, -0.2) is 9.97 Å². The van der Waals surface area contributed by atoms with Crippen molar-refractivity contribution in [3.05, 3.63) is 39.7 Å². The minimum absolute atomic E-state index is 0.0278. The average molecular weight is 339 g/mol. The predicted octanol–water partition coefficient (Wildman–Crippen LogP) is 2.24. The summed E-state index contributed by atoms with van der Waals surface area (Å²) in [6.07, 6.45) is 3.27. The largest absolute Gasteiger partial charge is 0.380 e. The topological polar surface area (TPSA) is 71.1 Å². The van der Waals surface area contributed by atoms with Crippen molar-refractivity contribution in [1.29, 1.82) is 0 Å².